The van der Waals surface area contributed by atoms with Crippen LogP contribution in [0.25, 0.3) is 10.1 Å². The van der Waals surface area contributed by atoms with E-state index >= 15 is 0 Å². The van der Waals surface area contributed by atoms with Gasteiger partial charge in [-0.05, 0) is 66.8 Å². The summed E-state index contributed by atoms with van der Waals surface area (Å²) in [6.07, 6.45) is 2.10. The second-order valence-electron chi connectivity index (χ2n) is 6.42. The maximum atomic E-state index is 12.6. The molecule has 1 fully saturated rings. The van der Waals surface area contributed by atoms with E-state index in [0.717, 1.165) is 36.0 Å². The number of fused-ring (bicyclic) bond motifs is 1. The molecule has 0 bridgehead atoms. The van der Waals surface area contributed by atoms with Crippen molar-refractivity contribution in [2.75, 3.05) is 17.8 Å². The zero-order valence-corrected chi connectivity index (χ0v) is 16.7. The molecule has 27 heavy (non-hydrogen) atoms. The lowest BCUT2D eigenvalue weighted by atomic mass is 10.2. The van der Waals surface area contributed by atoms with Gasteiger partial charge in [0.05, 0.1) is 9.77 Å². The topological polar surface area (TPSA) is 66.5 Å². The molecule has 1 amide bonds. The number of thiophene rings is 1. The van der Waals surface area contributed by atoms with Gasteiger partial charge in [0.25, 0.3) is 15.9 Å². The van der Waals surface area contributed by atoms with Crippen LogP contribution in [0, 0.1) is 0 Å². The zero-order valence-electron chi connectivity index (χ0n) is 14.3. The van der Waals surface area contributed by atoms with E-state index in [1.165, 1.54) is 35.6 Å². The van der Waals surface area contributed by atoms with Crippen molar-refractivity contribution >= 4 is 54.6 Å². The third kappa shape index (κ3) is 3.81. The molecule has 5 nitrogen and oxygen atoms in total. The monoisotopic (exact) mass is 420 g/mol. The van der Waals surface area contributed by atoms with Gasteiger partial charge in [-0.25, -0.2) is 8.42 Å². The Balaban J connectivity index is 1.59. The summed E-state index contributed by atoms with van der Waals surface area (Å²) in [5.41, 5.74) is 0.454. The van der Waals surface area contributed by atoms with E-state index in [4.69, 9.17) is 11.6 Å². The van der Waals surface area contributed by atoms with Gasteiger partial charge in [0.1, 0.15) is 0 Å². The number of nitrogens with one attached hydrogen (secondary N) is 1. The number of hydrogen-bond acceptors (Lipinski definition) is 4. The lowest BCUT2D eigenvalue weighted by molar-refractivity contribution is 0.0797. The van der Waals surface area contributed by atoms with E-state index < -0.39 is 10.0 Å². The van der Waals surface area contributed by atoms with Crippen LogP contribution in [-0.2, 0) is 10.0 Å². The van der Waals surface area contributed by atoms with Gasteiger partial charge >= 0.3 is 0 Å². The second-order valence-corrected chi connectivity index (χ2v) is 9.62. The SMILES string of the molecule is O=C(c1cc2cc(NS(=O)(=O)c3ccc(Cl)cc3)ccc2s1)N1CCCC1. The lowest BCUT2D eigenvalue weighted by Crippen LogP contribution is -2.26. The van der Waals surface area contributed by atoms with Crippen LogP contribution in [0.2, 0.25) is 5.02 Å². The van der Waals surface area contributed by atoms with Gasteiger partial charge in [0.15, 0.2) is 0 Å². The molecule has 2 heterocycles. The number of carbonyl (C=O) groups is 1. The summed E-state index contributed by atoms with van der Waals surface area (Å²) in [5, 5.41) is 1.32. The third-order valence-corrected chi connectivity index (χ3v) is 7.25. The quantitative estimate of drug-likeness (QED) is 0.671. The average Bonchev–Trinajstić information content (AvgIpc) is 3.30. The first kappa shape index (κ1) is 18.3. The molecule has 4 rings (SSSR count). The average molecular weight is 421 g/mol. The van der Waals surface area contributed by atoms with Crippen molar-refractivity contribution in [3.05, 3.63) is 58.4 Å². The first-order chi connectivity index (χ1) is 12.9. The minimum atomic E-state index is -3.70. The van der Waals surface area contributed by atoms with Crippen LogP contribution < -0.4 is 4.72 Å². The Morgan fingerprint density at radius 2 is 1.74 bits per heavy atom. The number of halogens is 1. The van der Waals surface area contributed by atoms with Crippen LogP contribution in [0.15, 0.2) is 53.4 Å². The Morgan fingerprint density at radius 3 is 2.44 bits per heavy atom. The number of likely N-dealkylation sites (tertiary alicyclic amines) is 1. The van der Waals surface area contributed by atoms with E-state index in [1.54, 1.807) is 12.1 Å². The molecule has 140 valence electrons. The normalized spacial score (nSPS) is 14.6. The van der Waals surface area contributed by atoms with E-state index in [9.17, 15) is 13.2 Å². The third-order valence-electron chi connectivity index (χ3n) is 4.50. The highest BCUT2D eigenvalue weighted by Gasteiger charge is 2.21. The summed E-state index contributed by atoms with van der Waals surface area (Å²) in [5.74, 6) is 0.0528. The van der Waals surface area contributed by atoms with E-state index in [1.807, 2.05) is 17.0 Å². The molecule has 1 aliphatic heterocycles. The van der Waals surface area contributed by atoms with Crippen molar-refractivity contribution in [1.82, 2.24) is 4.90 Å². The molecule has 1 N–H and O–H groups in total. The summed E-state index contributed by atoms with van der Waals surface area (Å²) in [6.45, 7) is 1.61. The highest BCUT2D eigenvalue weighted by Crippen LogP contribution is 2.30. The lowest BCUT2D eigenvalue weighted by Gasteiger charge is -2.13. The Bertz CT molecular complexity index is 1100. The fraction of sp³-hybridized carbons (Fsp3) is 0.211. The minimum absolute atomic E-state index is 0.0528. The van der Waals surface area contributed by atoms with Gasteiger partial charge in [-0.3, -0.25) is 9.52 Å². The van der Waals surface area contributed by atoms with Crippen molar-refractivity contribution in [3.63, 3.8) is 0 Å². The van der Waals surface area contributed by atoms with Crippen molar-refractivity contribution in [2.24, 2.45) is 0 Å². The smallest absolute Gasteiger partial charge is 0.263 e. The van der Waals surface area contributed by atoms with Crippen LogP contribution >= 0.6 is 22.9 Å². The number of carbonyl (C=O) groups excluding carboxylic acids is 1. The zero-order chi connectivity index (χ0) is 19.0. The second kappa shape index (κ2) is 7.14. The largest absolute Gasteiger partial charge is 0.338 e. The van der Waals surface area contributed by atoms with Gasteiger partial charge < -0.3 is 4.90 Å². The van der Waals surface area contributed by atoms with Crippen LogP contribution in [0.4, 0.5) is 5.69 Å². The van der Waals surface area contributed by atoms with Crippen molar-refractivity contribution < 1.29 is 13.2 Å². The van der Waals surface area contributed by atoms with Crippen LogP contribution in [0.3, 0.4) is 0 Å². The molecule has 2 aromatic carbocycles. The predicted octanol–water partition coefficient (Wildman–Crippen LogP) is 4.59. The van der Waals surface area contributed by atoms with Crippen molar-refractivity contribution in [1.29, 1.82) is 0 Å². The molecule has 1 saturated heterocycles. The molecule has 0 radical (unpaired) electrons. The molecular formula is C19H17ClN2O3S2. The fourth-order valence-corrected chi connectivity index (χ4v) is 5.30. The first-order valence-electron chi connectivity index (χ1n) is 8.54. The van der Waals surface area contributed by atoms with Crippen molar-refractivity contribution in [3.8, 4) is 0 Å². The van der Waals surface area contributed by atoms with Gasteiger partial charge in [-0.15, -0.1) is 11.3 Å². The Labute approximate surface area is 166 Å². The summed E-state index contributed by atoms with van der Waals surface area (Å²) < 4.78 is 28.6. The number of benzene rings is 2. The van der Waals surface area contributed by atoms with Crippen molar-refractivity contribution in [2.45, 2.75) is 17.7 Å². The molecule has 0 unspecified atom stereocenters. The number of anilines is 1. The fourth-order valence-electron chi connectivity index (χ4n) is 3.12. The number of nitrogens with zero attached hydrogens (tertiary/aromatic N) is 1. The molecule has 0 atom stereocenters. The summed E-state index contributed by atoms with van der Waals surface area (Å²) in [7, 11) is -3.70. The van der Waals surface area contributed by atoms with Gasteiger partial charge in [0.2, 0.25) is 0 Å². The maximum Gasteiger partial charge on any atom is 0.263 e. The molecule has 0 saturated carbocycles. The van der Waals surface area contributed by atoms with E-state index in [0.29, 0.717) is 15.6 Å². The van der Waals surface area contributed by atoms with Gasteiger partial charge in [-0.1, -0.05) is 11.6 Å². The molecule has 1 aromatic heterocycles. The van der Waals surface area contributed by atoms with Gasteiger partial charge in [-0.2, -0.15) is 0 Å². The molecule has 8 heteroatoms. The standard InChI is InChI=1S/C19H17ClN2O3S2/c20-14-3-6-16(7-4-14)27(24,25)21-15-5-8-17-13(11-15)12-18(26-17)19(23)22-9-1-2-10-22/h3-8,11-12,21H,1-2,9-10H2. The number of amides is 1. The first-order valence-corrected chi connectivity index (χ1v) is 11.2. The highest BCUT2D eigenvalue weighted by atomic mass is 35.5. The van der Waals surface area contributed by atoms with Crippen LogP contribution in [0.1, 0.15) is 22.5 Å². The molecule has 3 aromatic rings. The number of rotatable bonds is 4. The Morgan fingerprint density at radius 1 is 1.04 bits per heavy atom. The molecular weight excluding hydrogens is 404 g/mol. The summed E-state index contributed by atoms with van der Waals surface area (Å²) in [6, 6.07) is 13.1. The number of sulfonamides is 1. The molecule has 1 aliphatic rings. The van der Waals surface area contributed by atoms with E-state index in [2.05, 4.69) is 4.72 Å². The predicted molar refractivity (Wildman–Crippen MR) is 109 cm³/mol. The Hall–Kier alpha value is -2.09. The summed E-state index contributed by atoms with van der Waals surface area (Å²) in [4.78, 5) is 15.3. The maximum absolute atomic E-state index is 12.6. The highest BCUT2D eigenvalue weighted by molar-refractivity contribution is 7.92. The minimum Gasteiger partial charge on any atom is -0.338 e. The van der Waals surface area contributed by atoms with Crippen LogP contribution in [-0.4, -0.2) is 32.3 Å². The molecule has 0 aliphatic carbocycles. The van der Waals surface area contributed by atoms with Crippen LogP contribution in [0.5, 0.6) is 0 Å². The van der Waals surface area contributed by atoms with E-state index in [-0.39, 0.29) is 10.8 Å². The Kier molecular flexibility index (Phi) is 4.84. The van der Waals surface area contributed by atoms with Gasteiger partial charge in [0, 0.05) is 28.5 Å². The molecule has 0 spiro atoms. The summed E-state index contributed by atoms with van der Waals surface area (Å²) >= 11 is 7.25. The number of hydrogen-bond donors (Lipinski definition) is 1.